The van der Waals surface area contributed by atoms with Gasteiger partial charge < -0.3 is 4.74 Å². The van der Waals surface area contributed by atoms with Crippen LogP contribution in [0.4, 0.5) is 4.39 Å². The van der Waals surface area contributed by atoms with Crippen LogP contribution in [0.3, 0.4) is 0 Å². The highest BCUT2D eigenvalue weighted by atomic mass is 19.2. The number of ether oxygens (including phenoxy) is 1. The van der Waals surface area contributed by atoms with Gasteiger partial charge in [-0.25, -0.2) is 4.39 Å². The van der Waals surface area contributed by atoms with E-state index in [0.717, 1.165) is 6.42 Å². The smallest absolute Gasteiger partial charge is 0.203 e. The molecule has 0 aliphatic rings. The molecule has 0 amide bonds. The summed E-state index contributed by atoms with van der Waals surface area (Å²) in [7, 11) is 2.11. The Morgan fingerprint density at radius 3 is 2.08 bits per heavy atom. The molecule has 0 N–H and O–H groups in total. The van der Waals surface area contributed by atoms with Crippen LogP contribution in [0.1, 0.15) is 34.1 Å². The van der Waals surface area contributed by atoms with Crippen molar-refractivity contribution in [1.29, 1.82) is 0 Å². The minimum atomic E-state index is -1.50. The van der Waals surface area contributed by atoms with Crippen LogP contribution in [-0.2, 0) is 4.74 Å². The molecule has 0 aliphatic heterocycles. The Labute approximate surface area is 75.9 Å². The summed E-state index contributed by atoms with van der Waals surface area (Å²) in [4.78, 5) is 0. The summed E-state index contributed by atoms with van der Waals surface area (Å²) in [6.45, 7) is 9.57. The van der Waals surface area contributed by atoms with E-state index >= 15 is 0 Å². The van der Waals surface area contributed by atoms with Gasteiger partial charge in [0.05, 0.1) is 6.61 Å². The van der Waals surface area contributed by atoms with Gasteiger partial charge in [0.1, 0.15) is 7.28 Å². The summed E-state index contributed by atoms with van der Waals surface area (Å²) in [5.74, 6) is -1.50. The van der Waals surface area contributed by atoms with Crippen LogP contribution in [0.2, 0.25) is 12.1 Å². The van der Waals surface area contributed by atoms with Crippen molar-refractivity contribution in [3.63, 3.8) is 0 Å². The fourth-order valence-corrected chi connectivity index (χ4v) is 0.701. The number of alkyl halides is 1. The zero-order valence-corrected chi connectivity index (χ0v) is 8.78. The van der Waals surface area contributed by atoms with Gasteiger partial charge in [0.2, 0.25) is 5.85 Å². The first-order chi connectivity index (χ1) is 5.27. The first-order valence-electron chi connectivity index (χ1n) is 4.40. The number of hydrogen-bond donors (Lipinski definition) is 0. The Hall–Kier alpha value is -0.0451. The lowest BCUT2D eigenvalue weighted by molar-refractivity contribution is -0.117. The highest BCUT2D eigenvalue weighted by Crippen LogP contribution is 2.27. The maximum atomic E-state index is 12.8. The normalized spacial score (nSPS) is 13.2. The van der Waals surface area contributed by atoms with Crippen LogP contribution in [0.15, 0.2) is 0 Å². The minimum Gasteiger partial charge on any atom is -0.346 e. The van der Waals surface area contributed by atoms with Crippen molar-refractivity contribution in [2.75, 3.05) is 6.61 Å². The largest absolute Gasteiger partial charge is 0.346 e. The van der Waals surface area contributed by atoms with Gasteiger partial charge in [-0.2, -0.15) is 0 Å². The van der Waals surface area contributed by atoms with Crippen molar-refractivity contribution in [2.45, 2.75) is 52.1 Å². The van der Waals surface area contributed by atoms with Crippen LogP contribution in [0.25, 0.3) is 0 Å². The van der Waals surface area contributed by atoms with E-state index in [2.05, 4.69) is 21.1 Å². The Bertz CT molecular complexity index is 129. The van der Waals surface area contributed by atoms with E-state index in [1.54, 1.807) is 0 Å². The summed E-state index contributed by atoms with van der Waals surface area (Å²) in [5.41, 5.74) is 0. The van der Waals surface area contributed by atoms with E-state index in [-0.39, 0.29) is 5.31 Å². The molecule has 12 heavy (non-hydrogen) atoms. The average Bonchev–Trinajstić information content (AvgIpc) is 1.84. The summed E-state index contributed by atoms with van der Waals surface area (Å²) in [6.07, 6.45) is 0.858. The number of hydrogen-bond acceptors (Lipinski definition) is 1. The highest BCUT2D eigenvalue weighted by Gasteiger charge is 2.19. The van der Waals surface area contributed by atoms with Crippen molar-refractivity contribution >= 4 is 7.28 Å². The van der Waals surface area contributed by atoms with Crippen molar-refractivity contribution in [2.24, 2.45) is 0 Å². The molecule has 0 aromatic carbocycles. The summed E-state index contributed by atoms with van der Waals surface area (Å²) >= 11 is 0. The van der Waals surface area contributed by atoms with E-state index in [9.17, 15) is 4.39 Å². The predicted octanol–water partition coefficient (Wildman–Crippen LogP) is 3.05. The van der Waals surface area contributed by atoms with Crippen molar-refractivity contribution in [3.8, 4) is 0 Å². The van der Waals surface area contributed by atoms with Crippen LogP contribution in [0, 0.1) is 0 Å². The topological polar surface area (TPSA) is 9.23 Å². The second-order valence-corrected chi connectivity index (χ2v) is 4.24. The summed E-state index contributed by atoms with van der Waals surface area (Å²) < 4.78 is 17.8. The van der Waals surface area contributed by atoms with Crippen LogP contribution >= 0.6 is 0 Å². The van der Waals surface area contributed by atoms with Crippen LogP contribution < -0.4 is 0 Å². The van der Waals surface area contributed by atoms with Gasteiger partial charge in [-0.3, -0.25) is 0 Å². The standard InChI is InChI=1S/C9H19BFO/c1-8(2,10-5)6-7-12-9(3,4)11/h6-7H2,1-5H3. The van der Waals surface area contributed by atoms with Crippen molar-refractivity contribution in [1.82, 2.24) is 0 Å². The molecular weight excluding hydrogens is 154 g/mol. The van der Waals surface area contributed by atoms with Crippen molar-refractivity contribution < 1.29 is 9.13 Å². The second kappa shape index (κ2) is 4.26. The third kappa shape index (κ3) is 6.65. The Morgan fingerprint density at radius 1 is 1.25 bits per heavy atom. The van der Waals surface area contributed by atoms with Crippen LogP contribution in [-0.4, -0.2) is 19.7 Å². The minimum absolute atomic E-state index is 0.144. The van der Waals surface area contributed by atoms with Gasteiger partial charge in [-0.1, -0.05) is 26.0 Å². The molecule has 0 aromatic heterocycles. The van der Waals surface area contributed by atoms with Crippen molar-refractivity contribution in [3.05, 3.63) is 0 Å². The molecule has 0 unspecified atom stereocenters. The van der Waals surface area contributed by atoms with Gasteiger partial charge in [0.15, 0.2) is 0 Å². The molecule has 0 rings (SSSR count). The fraction of sp³-hybridized carbons (Fsp3) is 1.00. The lowest BCUT2D eigenvalue weighted by atomic mass is 9.55. The molecule has 0 saturated carbocycles. The molecule has 0 heterocycles. The predicted molar refractivity (Wildman–Crippen MR) is 51.4 cm³/mol. The number of rotatable bonds is 5. The van der Waals surface area contributed by atoms with E-state index in [0.29, 0.717) is 6.61 Å². The van der Waals surface area contributed by atoms with E-state index in [4.69, 9.17) is 4.74 Å². The average molecular weight is 173 g/mol. The summed E-state index contributed by atoms with van der Waals surface area (Å²) in [5, 5.41) is 0.144. The van der Waals surface area contributed by atoms with Gasteiger partial charge in [-0.15, -0.1) is 0 Å². The SMILES string of the molecule is C[B]C(C)(C)CCOC(C)(C)F. The molecule has 1 nitrogen and oxygen atoms in total. The van der Waals surface area contributed by atoms with Gasteiger partial charge in [-0.05, 0) is 20.3 Å². The van der Waals surface area contributed by atoms with Gasteiger partial charge in [0, 0.05) is 0 Å². The zero-order chi connectivity index (χ0) is 9.83. The maximum Gasteiger partial charge on any atom is 0.203 e. The second-order valence-electron chi connectivity index (χ2n) is 4.24. The molecule has 0 spiro atoms. The van der Waals surface area contributed by atoms with E-state index in [1.165, 1.54) is 13.8 Å². The monoisotopic (exact) mass is 173 g/mol. The third-order valence-electron chi connectivity index (χ3n) is 1.97. The molecule has 0 aromatic rings. The molecule has 1 radical (unpaired) electrons. The molecule has 0 bridgehead atoms. The molecule has 3 heteroatoms. The quantitative estimate of drug-likeness (QED) is 0.580. The number of halogens is 1. The lowest BCUT2D eigenvalue weighted by Crippen LogP contribution is -2.21. The molecular formula is C9H19BFO. The van der Waals surface area contributed by atoms with E-state index in [1.807, 2.05) is 6.82 Å². The van der Waals surface area contributed by atoms with Gasteiger partial charge in [0.25, 0.3) is 0 Å². The molecule has 71 valence electrons. The maximum absolute atomic E-state index is 12.8. The molecule has 0 atom stereocenters. The Kier molecular flexibility index (Phi) is 4.25. The molecule has 0 saturated heterocycles. The summed E-state index contributed by atoms with van der Waals surface area (Å²) in [6, 6.07) is 0. The first kappa shape index (κ1) is 12.0. The van der Waals surface area contributed by atoms with E-state index < -0.39 is 5.85 Å². The molecule has 0 fully saturated rings. The first-order valence-corrected chi connectivity index (χ1v) is 4.40. The lowest BCUT2D eigenvalue weighted by Gasteiger charge is -2.23. The van der Waals surface area contributed by atoms with Crippen LogP contribution in [0.5, 0.6) is 0 Å². The molecule has 0 aliphatic carbocycles. The highest BCUT2D eigenvalue weighted by molar-refractivity contribution is 6.37. The zero-order valence-electron chi connectivity index (χ0n) is 8.78. The Balaban J connectivity index is 3.57. The van der Waals surface area contributed by atoms with Gasteiger partial charge >= 0.3 is 0 Å². The third-order valence-corrected chi connectivity index (χ3v) is 1.97. The Morgan fingerprint density at radius 2 is 1.75 bits per heavy atom. The fourth-order valence-electron chi connectivity index (χ4n) is 0.701.